The molecule has 0 fully saturated rings. The average molecular weight is 739 g/mol. The fourth-order valence-electron chi connectivity index (χ4n) is 8.83. The Morgan fingerprint density at radius 3 is 2.09 bits per heavy atom. The van der Waals surface area contributed by atoms with Gasteiger partial charge in [0.2, 0.25) is 0 Å². The van der Waals surface area contributed by atoms with Gasteiger partial charge in [0.05, 0.1) is 12.2 Å². The molecule has 1 aliphatic carbocycles. The van der Waals surface area contributed by atoms with Crippen molar-refractivity contribution in [1.29, 1.82) is 0 Å². The lowest BCUT2D eigenvalue weighted by Crippen LogP contribution is -2.31. The number of hydrogen-bond donors (Lipinski definition) is 2. The smallest absolute Gasteiger partial charge is 0.0817 e. The monoisotopic (exact) mass is 738 g/mol. The van der Waals surface area contributed by atoms with Gasteiger partial charge in [0, 0.05) is 25.6 Å². The van der Waals surface area contributed by atoms with Gasteiger partial charge in [-0.05, 0) is 102 Å². The molecule has 9 aromatic rings. The van der Waals surface area contributed by atoms with E-state index >= 15 is 0 Å². The highest BCUT2D eigenvalue weighted by atomic mass is 32.1. The Kier molecular flexibility index (Phi) is 8.53. The van der Waals surface area contributed by atoms with Gasteiger partial charge < -0.3 is 5.73 Å². The fourth-order valence-corrected chi connectivity index (χ4v) is 9.96. The van der Waals surface area contributed by atoms with Crippen LogP contribution in [-0.4, -0.2) is 0 Å². The van der Waals surface area contributed by atoms with E-state index in [4.69, 9.17) is 5.73 Å². The van der Waals surface area contributed by atoms with Crippen LogP contribution in [0.15, 0.2) is 182 Å². The van der Waals surface area contributed by atoms with Crippen molar-refractivity contribution in [2.45, 2.75) is 31.5 Å². The van der Waals surface area contributed by atoms with Crippen molar-refractivity contribution in [3.63, 3.8) is 0 Å². The number of nitrogens with two attached hydrogens (primary N) is 1. The molecule has 0 radical (unpaired) electrons. The molecule has 2 unspecified atom stereocenters. The summed E-state index contributed by atoms with van der Waals surface area (Å²) in [7, 11) is 0. The zero-order valence-corrected chi connectivity index (χ0v) is 32.4. The summed E-state index contributed by atoms with van der Waals surface area (Å²) < 4.78 is 2.63. The zero-order chi connectivity index (χ0) is 37.8. The number of thiophene rings is 1. The molecule has 1 aliphatic rings. The van der Waals surface area contributed by atoms with Crippen LogP contribution in [0.3, 0.4) is 0 Å². The highest BCUT2D eigenvalue weighted by molar-refractivity contribution is 7.25. The van der Waals surface area contributed by atoms with Crippen LogP contribution in [0.5, 0.6) is 0 Å². The molecule has 2 nitrogen and oxygen atoms in total. The maximum Gasteiger partial charge on any atom is 0.0817 e. The highest BCUT2D eigenvalue weighted by Crippen LogP contribution is 2.53. The minimum atomic E-state index is -0.339. The van der Waals surface area contributed by atoms with E-state index in [-0.39, 0.29) is 17.6 Å². The normalized spacial score (nSPS) is 14.3. The lowest BCUT2D eigenvalue weighted by atomic mass is 9.81. The molecule has 2 atom stereocenters. The molecular weight excluding hydrogens is 697 g/mol. The predicted molar refractivity (Wildman–Crippen MR) is 240 cm³/mol. The minimum Gasteiger partial charge on any atom is -0.312 e. The minimum absolute atomic E-state index is 0.0851. The van der Waals surface area contributed by atoms with E-state index in [1.807, 2.05) is 29.5 Å². The zero-order valence-electron chi connectivity index (χ0n) is 31.5. The van der Waals surface area contributed by atoms with E-state index in [0.717, 1.165) is 16.7 Å². The maximum atomic E-state index is 6.83. The number of hydrogen-bond acceptors (Lipinski definition) is 3. The lowest BCUT2D eigenvalue weighted by molar-refractivity contribution is 0.509. The SMILES string of the molecule is CC1(C)c2cc3ccccc3cc2-c2c(-c3cccc(/C=C/C(NC(N)c4ccccc4)c4ccc(-c5cccc6sc7ccccc7c56)cc4)c3)cccc21. The maximum absolute atomic E-state index is 6.83. The van der Waals surface area contributed by atoms with Gasteiger partial charge in [-0.1, -0.05) is 172 Å². The summed E-state index contributed by atoms with van der Waals surface area (Å²) in [6.07, 6.45) is 4.15. The molecule has 8 aromatic carbocycles. The van der Waals surface area contributed by atoms with Crippen LogP contribution < -0.4 is 11.1 Å². The highest BCUT2D eigenvalue weighted by Gasteiger charge is 2.37. The summed E-state index contributed by atoms with van der Waals surface area (Å²) in [5.41, 5.74) is 20.5. The molecule has 1 aromatic heterocycles. The summed E-state index contributed by atoms with van der Waals surface area (Å²) in [6.45, 7) is 4.72. The van der Waals surface area contributed by atoms with Crippen molar-refractivity contribution in [2.24, 2.45) is 5.73 Å². The molecule has 3 heteroatoms. The molecule has 0 amide bonds. The predicted octanol–water partition coefficient (Wildman–Crippen LogP) is 13.8. The topological polar surface area (TPSA) is 38.0 Å². The Bertz CT molecular complexity index is 2940. The standard InChI is InChI=1S/C53H42N2S/c1-53(2)45-22-11-20-42(50(45)44-32-38-16-6-7-17-39(38)33-46(44)53)40-18-10-13-34(31-40)25-30-47(55-52(54)37-14-4-3-5-15-37)36-28-26-35(27-29-36)41-21-12-24-49-51(41)43-19-8-9-23-48(43)56-49/h3-33,47,52,55H,54H2,1-2H3/b30-25+. The van der Waals surface area contributed by atoms with Crippen LogP contribution in [-0.2, 0) is 5.41 Å². The number of benzene rings is 8. The third-order valence-corrected chi connectivity index (χ3v) is 12.9. The van der Waals surface area contributed by atoms with E-state index in [0.29, 0.717) is 0 Å². The van der Waals surface area contributed by atoms with Crippen LogP contribution >= 0.6 is 11.3 Å². The first kappa shape index (κ1) is 34.4. The molecule has 0 saturated carbocycles. The van der Waals surface area contributed by atoms with Crippen molar-refractivity contribution in [1.82, 2.24) is 5.32 Å². The van der Waals surface area contributed by atoms with Gasteiger partial charge in [-0.25, -0.2) is 0 Å². The fraction of sp³-hybridized carbons (Fsp3) is 0.0943. The van der Waals surface area contributed by atoms with E-state index in [9.17, 15) is 0 Å². The van der Waals surface area contributed by atoms with Crippen LogP contribution in [0.25, 0.3) is 70.4 Å². The van der Waals surface area contributed by atoms with Gasteiger partial charge in [-0.15, -0.1) is 11.3 Å². The molecule has 56 heavy (non-hydrogen) atoms. The first-order valence-electron chi connectivity index (χ1n) is 19.5. The van der Waals surface area contributed by atoms with E-state index in [1.165, 1.54) is 75.5 Å². The van der Waals surface area contributed by atoms with Crippen LogP contribution in [0.1, 0.15) is 53.9 Å². The largest absolute Gasteiger partial charge is 0.312 e. The summed E-state index contributed by atoms with van der Waals surface area (Å²) in [4.78, 5) is 0. The summed E-state index contributed by atoms with van der Waals surface area (Å²) in [6, 6.07) is 63.8. The van der Waals surface area contributed by atoms with Gasteiger partial charge in [0.25, 0.3) is 0 Å². The second-order valence-electron chi connectivity index (χ2n) is 15.5. The van der Waals surface area contributed by atoms with E-state index in [2.05, 4.69) is 189 Å². The quantitative estimate of drug-likeness (QED) is 0.152. The third-order valence-electron chi connectivity index (χ3n) is 11.7. The van der Waals surface area contributed by atoms with E-state index in [1.54, 1.807) is 0 Å². The first-order valence-corrected chi connectivity index (χ1v) is 20.3. The van der Waals surface area contributed by atoms with Gasteiger partial charge in [-0.3, -0.25) is 5.32 Å². The third kappa shape index (κ3) is 5.97. The molecule has 0 spiro atoms. The Balaban J connectivity index is 1.01. The number of nitrogens with one attached hydrogen (secondary N) is 1. The van der Waals surface area contributed by atoms with Crippen molar-refractivity contribution in [3.05, 3.63) is 210 Å². The molecule has 0 bridgehead atoms. The van der Waals surface area contributed by atoms with E-state index < -0.39 is 0 Å². The Morgan fingerprint density at radius 1 is 0.554 bits per heavy atom. The van der Waals surface area contributed by atoms with Crippen molar-refractivity contribution < 1.29 is 0 Å². The number of fused-ring (bicyclic) bond motifs is 7. The first-order chi connectivity index (χ1) is 27.4. The van der Waals surface area contributed by atoms with Crippen LogP contribution in [0.2, 0.25) is 0 Å². The molecule has 1 heterocycles. The van der Waals surface area contributed by atoms with Crippen LogP contribution in [0.4, 0.5) is 0 Å². The average Bonchev–Trinajstić information content (AvgIpc) is 3.74. The van der Waals surface area contributed by atoms with Crippen molar-refractivity contribution >= 4 is 48.4 Å². The van der Waals surface area contributed by atoms with Crippen LogP contribution in [0, 0.1) is 0 Å². The van der Waals surface area contributed by atoms with Gasteiger partial charge in [0.15, 0.2) is 0 Å². The molecule has 0 saturated heterocycles. The molecule has 3 N–H and O–H groups in total. The van der Waals surface area contributed by atoms with Crippen molar-refractivity contribution in [2.75, 3.05) is 0 Å². The van der Waals surface area contributed by atoms with Gasteiger partial charge in [-0.2, -0.15) is 0 Å². The molecule has 10 rings (SSSR count). The second-order valence-corrected chi connectivity index (χ2v) is 16.6. The Morgan fingerprint density at radius 2 is 1.25 bits per heavy atom. The second kappa shape index (κ2) is 13.9. The molecule has 0 aliphatic heterocycles. The molecule has 270 valence electrons. The number of rotatable bonds is 8. The lowest BCUT2D eigenvalue weighted by Gasteiger charge is -2.22. The van der Waals surface area contributed by atoms with Gasteiger partial charge >= 0.3 is 0 Å². The van der Waals surface area contributed by atoms with Gasteiger partial charge in [0.1, 0.15) is 0 Å². The molecular formula is C53H42N2S. The Hall–Kier alpha value is -6.10. The summed E-state index contributed by atoms with van der Waals surface area (Å²) >= 11 is 1.86. The Labute approximate surface area is 332 Å². The summed E-state index contributed by atoms with van der Waals surface area (Å²) in [5.74, 6) is 0. The summed E-state index contributed by atoms with van der Waals surface area (Å²) in [5, 5.41) is 8.94. The van der Waals surface area contributed by atoms with Crippen molar-refractivity contribution in [3.8, 4) is 33.4 Å².